The second kappa shape index (κ2) is 7.77. The largest absolute Gasteiger partial charge is 0.484 e. The fourth-order valence-corrected chi connectivity index (χ4v) is 4.65. The van der Waals surface area contributed by atoms with Crippen molar-refractivity contribution in [2.45, 2.75) is 11.5 Å². The first-order chi connectivity index (χ1) is 13.1. The number of aromatic nitrogens is 2. The summed E-state index contributed by atoms with van der Waals surface area (Å²) < 4.78 is 42.6. The maximum Gasteiger partial charge on any atom is 0.264 e. The highest BCUT2D eigenvalue weighted by Gasteiger charge is 2.26. The quantitative estimate of drug-likeness (QED) is 0.619. The van der Waals surface area contributed by atoms with Crippen molar-refractivity contribution < 1.29 is 22.4 Å². The van der Waals surface area contributed by atoms with E-state index in [4.69, 9.17) is 14.0 Å². The van der Waals surface area contributed by atoms with Gasteiger partial charge >= 0.3 is 0 Å². The fraction of sp³-hybridized carbons (Fsp3) is 0.294. The van der Waals surface area contributed by atoms with Crippen LogP contribution in [-0.4, -0.2) is 49.2 Å². The molecule has 1 aliphatic heterocycles. The summed E-state index contributed by atoms with van der Waals surface area (Å²) in [5.41, 5.74) is 0.896. The average Bonchev–Trinajstić information content (AvgIpc) is 3.39. The molecule has 3 heterocycles. The molecule has 0 radical (unpaired) electrons. The first-order valence-corrected chi connectivity index (χ1v) is 10.7. The highest BCUT2D eigenvalue weighted by Crippen LogP contribution is 2.22. The molecule has 1 saturated heterocycles. The highest BCUT2D eigenvalue weighted by atomic mass is 32.2. The van der Waals surface area contributed by atoms with Crippen LogP contribution in [0.2, 0.25) is 0 Å². The number of benzene rings is 1. The number of rotatable bonds is 6. The molecular formula is C17H17N3O5S2. The molecule has 0 spiro atoms. The van der Waals surface area contributed by atoms with E-state index < -0.39 is 10.0 Å². The fourth-order valence-electron chi connectivity index (χ4n) is 2.61. The van der Waals surface area contributed by atoms with Gasteiger partial charge in [0.05, 0.1) is 18.1 Å². The Labute approximate surface area is 160 Å². The van der Waals surface area contributed by atoms with Crippen LogP contribution in [-0.2, 0) is 21.4 Å². The molecule has 1 fully saturated rings. The summed E-state index contributed by atoms with van der Waals surface area (Å²) in [5, 5.41) is 7.79. The molecule has 0 aliphatic carbocycles. The predicted molar refractivity (Wildman–Crippen MR) is 98.0 cm³/mol. The third-order valence-electron chi connectivity index (χ3n) is 4.04. The lowest BCUT2D eigenvalue weighted by atomic mass is 10.3. The molecule has 0 saturated carbocycles. The molecule has 142 valence electrons. The van der Waals surface area contributed by atoms with Crippen molar-refractivity contribution in [2.24, 2.45) is 0 Å². The van der Waals surface area contributed by atoms with E-state index in [1.54, 1.807) is 23.5 Å². The zero-order valence-corrected chi connectivity index (χ0v) is 15.9. The van der Waals surface area contributed by atoms with Crippen LogP contribution in [0.1, 0.15) is 5.89 Å². The first kappa shape index (κ1) is 18.1. The van der Waals surface area contributed by atoms with Gasteiger partial charge in [0, 0.05) is 24.0 Å². The lowest BCUT2D eigenvalue weighted by molar-refractivity contribution is 0.0730. The summed E-state index contributed by atoms with van der Waals surface area (Å²) in [6, 6.07) is 8.20. The van der Waals surface area contributed by atoms with E-state index in [1.165, 1.54) is 16.4 Å². The van der Waals surface area contributed by atoms with Crippen molar-refractivity contribution in [3.05, 3.63) is 47.0 Å². The minimum atomic E-state index is -3.51. The molecule has 4 rings (SSSR count). The molecule has 1 aliphatic rings. The van der Waals surface area contributed by atoms with E-state index in [9.17, 15) is 8.42 Å². The van der Waals surface area contributed by atoms with Gasteiger partial charge in [0.15, 0.2) is 6.61 Å². The van der Waals surface area contributed by atoms with Gasteiger partial charge in [-0.15, -0.1) is 0 Å². The van der Waals surface area contributed by atoms with Crippen LogP contribution >= 0.6 is 11.3 Å². The molecule has 0 unspecified atom stereocenters. The van der Waals surface area contributed by atoms with E-state index >= 15 is 0 Å². The molecular weight excluding hydrogens is 390 g/mol. The summed E-state index contributed by atoms with van der Waals surface area (Å²) in [5.74, 6) is 1.38. The summed E-state index contributed by atoms with van der Waals surface area (Å²) >= 11 is 1.55. The van der Waals surface area contributed by atoms with Crippen molar-refractivity contribution in [2.75, 3.05) is 26.3 Å². The smallest absolute Gasteiger partial charge is 0.264 e. The van der Waals surface area contributed by atoms with E-state index in [0.717, 1.165) is 5.56 Å². The summed E-state index contributed by atoms with van der Waals surface area (Å²) in [6.07, 6.45) is 0. The van der Waals surface area contributed by atoms with Crippen molar-refractivity contribution in [1.82, 2.24) is 14.4 Å². The van der Waals surface area contributed by atoms with Crippen LogP contribution in [0.3, 0.4) is 0 Å². The van der Waals surface area contributed by atoms with Gasteiger partial charge in [-0.1, -0.05) is 5.16 Å². The SMILES string of the molecule is O=S(=O)(c1ccc(OCc2nc(-c3ccsc3)no2)cc1)N1CCOCC1. The Bertz CT molecular complexity index is 978. The predicted octanol–water partition coefficient (Wildman–Crippen LogP) is 2.40. The Morgan fingerprint density at radius 3 is 2.63 bits per heavy atom. The topological polar surface area (TPSA) is 94.8 Å². The monoisotopic (exact) mass is 407 g/mol. The molecule has 27 heavy (non-hydrogen) atoms. The Morgan fingerprint density at radius 1 is 1.15 bits per heavy atom. The second-order valence-corrected chi connectivity index (χ2v) is 8.52. The zero-order valence-electron chi connectivity index (χ0n) is 14.3. The zero-order chi connectivity index (χ0) is 18.7. The minimum Gasteiger partial charge on any atom is -0.484 e. The van der Waals surface area contributed by atoms with Gasteiger partial charge in [0.2, 0.25) is 15.8 Å². The number of morpholine rings is 1. The number of ether oxygens (including phenoxy) is 2. The molecule has 3 aromatic rings. The Morgan fingerprint density at radius 2 is 1.93 bits per heavy atom. The van der Waals surface area contributed by atoms with Crippen LogP contribution in [0.4, 0.5) is 0 Å². The van der Waals surface area contributed by atoms with Crippen molar-refractivity contribution in [1.29, 1.82) is 0 Å². The molecule has 10 heteroatoms. The molecule has 0 N–H and O–H groups in total. The third kappa shape index (κ3) is 4.03. The van der Waals surface area contributed by atoms with Gasteiger partial charge in [-0.05, 0) is 35.7 Å². The van der Waals surface area contributed by atoms with E-state index in [1.807, 2.05) is 16.8 Å². The normalized spacial score (nSPS) is 15.7. The lowest BCUT2D eigenvalue weighted by Gasteiger charge is -2.26. The molecule has 0 atom stereocenters. The highest BCUT2D eigenvalue weighted by molar-refractivity contribution is 7.89. The Balaban J connectivity index is 1.39. The Kier molecular flexibility index (Phi) is 5.21. The second-order valence-electron chi connectivity index (χ2n) is 5.80. The van der Waals surface area contributed by atoms with Gasteiger partial charge in [-0.2, -0.15) is 20.6 Å². The number of hydrogen-bond donors (Lipinski definition) is 0. The van der Waals surface area contributed by atoms with Gasteiger partial charge in [-0.25, -0.2) is 8.42 Å². The molecule has 1 aromatic carbocycles. The maximum absolute atomic E-state index is 12.6. The molecule has 0 bridgehead atoms. The lowest BCUT2D eigenvalue weighted by Crippen LogP contribution is -2.40. The third-order valence-corrected chi connectivity index (χ3v) is 6.64. The van der Waals surface area contributed by atoms with Crippen molar-refractivity contribution >= 4 is 21.4 Å². The number of nitrogens with zero attached hydrogens (tertiary/aromatic N) is 3. The van der Waals surface area contributed by atoms with Gasteiger partial charge in [-0.3, -0.25) is 0 Å². The van der Waals surface area contributed by atoms with Gasteiger partial charge < -0.3 is 14.0 Å². The maximum atomic E-state index is 12.6. The molecule has 0 amide bonds. The molecule has 2 aromatic heterocycles. The van der Waals surface area contributed by atoms with Crippen molar-refractivity contribution in [3.63, 3.8) is 0 Å². The summed E-state index contributed by atoms with van der Waals surface area (Å²) in [4.78, 5) is 4.51. The van der Waals surface area contributed by atoms with Gasteiger partial charge in [0.25, 0.3) is 5.89 Å². The number of thiophene rings is 1. The number of sulfonamides is 1. The Hall–Kier alpha value is -2.27. The number of hydrogen-bond acceptors (Lipinski definition) is 8. The van der Waals surface area contributed by atoms with Crippen molar-refractivity contribution in [3.8, 4) is 17.1 Å². The standard InChI is InChI=1S/C17H17N3O5S2/c21-27(22,20-6-8-23-9-7-20)15-3-1-14(2-4-15)24-11-16-18-17(19-25-16)13-5-10-26-12-13/h1-5,10,12H,6-9,11H2. The minimum absolute atomic E-state index is 0.104. The van der Waals surface area contributed by atoms with Crippen LogP contribution in [0.25, 0.3) is 11.4 Å². The van der Waals surface area contributed by atoms with Gasteiger partial charge in [0.1, 0.15) is 5.75 Å². The van der Waals surface area contributed by atoms with Crippen LogP contribution in [0.15, 0.2) is 50.5 Å². The molecule has 8 nitrogen and oxygen atoms in total. The van der Waals surface area contributed by atoms with Crippen LogP contribution in [0.5, 0.6) is 5.75 Å². The first-order valence-electron chi connectivity index (χ1n) is 8.29. The summed E-state index contributed by atoms with van der Waals surface area (Å²) in [6.45, 7) is 1.66. The van der Waals surface area contributed by atoms with Crippen LogP contribution in [0, 0.1) is 0 Å². The van der Waals surface area contributed by atoms with E-state index in [2.05, 4.69) is 10.1 Å². The summed E-state index contributed by atoms with van der Waals surface area (Å²) in [7, 11) is -3.51. The average molecular weight is 407 g/mol. The van der Waals surface area contributed by atoms with E-state index in [0.29, 0.717) is 43.8 Å². The van der Waals surface area contributed by atoms with Crippen LogP contribution < -0.4 is 4.74 Å². The van der Waals surface area contributed by atoms with E-state index in [-0.39, 0.29) is 11.5 Å².